The summed E-state index contributed by atoms with van der Waals surface area (Å²) in [5.41, 5.74) is 1.08. The standard InChI is InChI=1S/C17H15ClN2O3/c1-2-22-14-6-4-13(5-7-14)20-17(21)11-23-16-8-3-12(10-19)9-15(16)18/h3-9H,2,11H2,1H3,(H,20,21). The van der Waals surface area contributed by atoms with Gasteiger partial charge in [-0.1, -0.05) is 11.6 Å². The minimum atomic E-state index is -0.311. The van der Waals surface area contributed by atoms with E-state index in [1.165, 1.54) is 6.07 Å². The van der Waals surface area contributed by atoms with E-state index in [2.05, 4.69) is 5.32 Å². The van der Waals surface area contributed by atoms with Crippen LogP contribution in [0.2, 0.25) is 5.02 Å². The molecule has 118 valence electrons. The van der Waals surface area contributed by atoms with Gasteiger partial charge in [-0.3, -0.25) is 4.79 Å². The minimum Gasteiger partial charge on any atom is -0.494 e. The van der Waals surface area contributed by atoms with E-state index < -0.39 is 0 Å². The van der Waals surface area contributed by atoms with E-state index in [4.69, 9.17) is 26.3 Å². The van der Waals surface area contributed by atoms with Crippen molar-refractivity contribution < 1.29 is 14.3 Å². The average molecular weight is 331 g/mol. The molecule has 0 atom stereocenters. The van der Waals surface area contributed by atoms with Crippen LogP contribution < -0.4 is 14.8 Å². The van der Waals surface area contributed by atoms with E-state index in [0.717, 1.165) is 5.75 Å². The highest BCUT2D eigenvalue weighted by molar-refractivity contribution is 6.32. The first-order chi connectivity index (χ1) is 11.1. The van der Waals surface area contributed by atoms with Crippen LogP contribution in [0.1, 0.15) is 12.5 Å². The number of nitrogens with zero attached hydrogens (tertiary/aromatic N) is 1. The first kappa shape index (κ1) is 16.7. The van der Waals surface area contributed by atoms with Gasteiger partial charge in [0.05, 0.1) is 23.3 Å². The third kappa shape index (κ3) is 4.90. The van der Waals surface area contributed by atoms with Gasteiger partial charge in [-0.25, -0.2) is 0 Å². The summed E-state index contributed by atoms with van der Waals surface area (Å²) < 4.78 is 10.7. The van der Waals surface area contributed by atoms with Crippen LogP contribution in [-0.2, 0) is 4.79 Å². The zero-order valence-corrected chi connectivity index (χ0v) is 13.3. The minimum absolute atomic E-state index is 0.182. The van der Waals surface area contributed by atoms with Crippen LogP contribution in [-0.4, -0.2) is 19.1 Å². The smallest absolute Gasteiger partial charge is 0.262 e. The van der Waals surface area contributed by atoms with E-state index in [1.54, 1.807) is 36.4 Å². The van der Waals surface area contributed by atoms with Crippen LogP contribution in [0.25, 0.3) is 0 Å². The lowest BCUT2D eigenvalue weighted by Crippen LogP contribution is -2.20. The Morgan fingerprint density at radius 2 is 1.96 bits per heavy atom. The Labute approximate surface area is 139 Å². The maximum absolute atomic E-state index is 11.9. The summed E-state index contributed by atoms with van der Waals surface area (Å²) in [6.45, 7) is 2.31. The number of hydrogen-bond donors (Lipinski definition) is 1. The molecule has 1 amide bonds. The van der Waals surface area contributed by atoms with Crippen molar-refractivity contribution >= 4 is 23.2 Å². The number of ether oxygens (including phenoxy) is 2. The van der Waals surface area contributed by atoms with Gasteiger partial charge in [0.2, 0.25) is 0 Å². The molecule has 0 bridgehead atoms. The maximum Gasteiger partial charge on any atom is 0.262 e. The highest BCUT2D eigenvalue weighted by atomic mass is 35.5. The third-order valence-electron chi connectivity index (χ3n) is 2.87. The molecule has 0 saturated carbocycles. The number of amides is 1. The normalized spacial score (nSPS) is 9.78. The van der Waals surface area contributed by atoms with E-state index in [-0.39, 0.29) is 17.5 Å². The molecule has 0 fully saturated rings. The molecular formula is C17H15ClN2O3. The molecule has 23 heavy (non-hydrogen) atoms. The molecule has 2 aromatic rings. The van der Waals surface area contributed by atoms with Gasteiger partial charge in [-0.15, -0.1) is 0 Å². The van der Waals surface area contributed by atoms with Gasteiger partial charge < -0.3 is 14.8 Å². The number of nitrogens with one attached hydrogen (secondary N) is 1. The summed E-state index contributed by atoms with van der Waals surface area (Å²) in [4.78, 5) is 11.9. The molecule has 0 aliphatic heterocycles. The van der Waals surface area contributed by atoms with E-state index in [0.29, 0.717) is 23.6 Å². The van der Waals surface area contributed by atoms with Crippen LogP contribution in [0.15, 0.2) is 42.5 Å². The quantitative estimate of drug-likeness (QED) is 0.878. The molecule has 0 heterocycles. The van der Waals surface area contributed by atoms with Crippen molar-refractivity contribution in [3.8, 4) is 17.6 Å². The molecule has 0 spiro atoms. The summed E-state index contributed by atoms with van der Waals surface area (Å²) >= 11 is 5.98. The Hall–Kier alpha value is -2.71. The highest BCUT2D eigenvalue weighted by Crippen LogP contribution is 2.25. The van der Waals surface area contributed by atoms with Crippen molar-refractivity contribution in [3.05, 3.63) is 53.1 Å². The van der Waals surface area contributed by atoms with Gasteiger partial charge in [0.15, 0.2) is 6.61 Å². The Morgan fingerprint density at radius 1 is 1.22 bits per heavy atom. The van der Waals surface area contributed by atoms with Crippen LogP contribution in [0.3, 0.4) is 0 Å². The molecule has 0 radical (unpaired) electrons. The predicted octanol–water partition coefficient (Wildman–Crippen LogP) is 3.63. The fraction of sp³-hybridized carbons (Fsp3) is 0.176. The van der Waals surface area contributed by atoms with Gasteiger partial charge in [0, 0.05) is 5.69 Å². The van der Waals surface area contributed by atoms with Gasteiger partial charge in [-0.05, 0) is 49.4 Å². The molecular weight excluding hydrogens is 316 g/mol. The molecule has 1 N–H and O–H groups in total. The lowest BCUT2D eigenvalue weighted by atomic mass is 10.2. The van der Waals surface area contributed by atoms with Crippen LogP contribution in [0, 0.1) is 11.3 Å². The van der Waals surface area contributed by atoms with Crippen molar-refractivity contribution in [2.75, 3.05) is 18.5 Å². The Bertz CT molecular complexity index is 724. The number of halogens is 1. The number of carbonyl (C=O) groups is 1. The number of benzene rings is 2. The van der Waals surface area contributed by atoms with Gasteiger partial charge in [-0.2, -0.15) is 5.26 Å². The monoisotopic (exact) mass is 330 g/mol. The summed E-state index contributed by atoms with van der Waals surface area (Å²) in [5.74, 6) is 0.785. The second-order valence-electron chi connectivity index (χ2n) is 4.55. The molecule has 5 nitrogen and oxygen atoms in total. The zero-order valence-electron chi connectivity index (χ0n) is 12.5. The molecule has 6 heteroatoms. The number of hydrogen-bond acceptors (Lipinski definition) is 4. The molecule has 2 aromatic carbocycles. The second kappa shape index (κ2) is 8.06. The predicted molar refractivity (Wildman–Crippen MR) is 87.9 cm³/mol. The average Bonchev–Trinajstić information content (AvgIpc) is 2.55. The summed E-state index contributed by atoms with van der Waals surface area (Å²) in [7, 11) is 0. The molecule has 0 aliphatic carbocycles. The molecule has 0 unspecified atom stereocenters. The van der Waals surface area contributed by atoms with Crippen molar-refractivity contribution in [2.45, 2.75) is 6.92 Å². The maximum atomic E-state index is 11.9. The second-order valence-corrected chi connectivity index (χ2v) is 4.96. The molecule has 2 rings (SSSR count). The van der Waals surface area contributed by atoms with Crippen molar-refractivity contribution in [1.82, 2.24) is 0 Å². The van der Waals surface area contributed by atoms with E-state index in [9.17, 15) is 4.79 Å². The van der Waals surface area contributed by atoms with Crippen LogP contribution in [0.4, 0.5) is 5.69 Å². The summed E-state index contributed by atoms with van der Waals surface area (Å²) in [5, 5.41) is 11.8. The van der Waals surface area contributed by atoms with Crippen molar-refractivity contribution in [1.29, 1.82) is 5.26 Å². The topological polar surface area (TPSA) is 71.3 Å². The third-order valence-corrected chi connectivity index (χ3v) is 3.16. The van der Waals surface area contributed by atoms with Crippen LogP contribution >= 0.6 is 11.6 Å². The molecule has 0 aromatic heterocycles. The number of nitriles is 1. The van der Waals surface area contributed by atoms with Gasteiger partial charge in [0.25, 0.3) is 5.91 Å². The fourth-order valence-corrected chi connectivity index (χ4v) is 2.06. The van der Waals surface area contributed by atoms with Crippen LogP contribution in [0.5, 0.6) is 11.5 Å². The molecule has 0 saturated heterocycles. The zero-order chi connectivity index (χ0) is 16.7. The first-order valence-corrected chi connectivity index (χ1v) is 7.35. The SMILES string of the molecule is CCOc1ccc(NC(=O)COc2ccc(C#N)cc2Cl)cc1. The largest absolute Gasteiger partial charge is 0.494 e. The Kier molecular flexibility index (Phi) is 5.84. The van der Waals surface area contributed by atoms with E-state index >= 15 is 0 Å². The highest BCUT2D eigenvalue weighted by Gasteiger charge is 2.07. The fourth-order valence-electron chi connectivity index (χ4n) is 1.83. The summed E-state index contributed by atoms with van der Waals surface area (Å²) in [6.07, 6.45) is 0. The first-order valence-electron chi connectivity index (χ1n) is 6.97. The number of rotatable bonds is 6. The summed E-state index contributed by atoms with van der Waals surface area (Å²) in [6, 6.07) is 13.6. The lowest BCUT2D eigenvalue weighted by molar-refractivity contribution is -0.118. The molecule has 0 aliphatic rings. The number of anilines is 1. The lowest BCUT2D eigenvalue weighted by Gasteiger charge is -2.09. The van der Waals surface area contributed by atoms with Crippen molar-refractivity contribution in [2.24, 2.45) is 0 Å². The van der Waals surface area contributed by atoms with Gasteiger partial charge >= 0.3 is 0 Å². The van der Waals surface area contributed by atoms with Crippen molar-refractivity contribution in [3.63, 3.8) is 0 Å². The Morgan fingerprint density at radius 3 is 2.57 bits per heavy atom. The Balaban J connectivity index is 1.89. The number of carbonyl (C=O) groups excluding carboxylic acids is 1. The van der Waals surface area contributed by atoms with Gasteiger partial charge in [0.1, 0.15) is 11.5 Å². The van der Waals surface area contributed by atoms with E-state index in [1.807, 2.05) is 13.0 Å².